The second-order valence-electron chi connectivity index (χ2n) is 4.61. The number of aliphatic hydroxyl groups is 1. The van der Waals surface area contributed by atoms with Crippen molar-refractivity contribution in [1.29, 1.82) is 0 Å². The van der Waals surface area contributed by atoms with Gasteiger partial charge in [-0.25, -0.2) is 4.39 Å². The Labute approximate surface area is 118 Å². The fourth-order valence-corrected chi connectivity index (χ4v) is 2.10. The number of methoxy groups -OCH3 is 1. The Bertz CT molecular complexity index is 557. The van der Waals surface area contributed by atoms with Crippen LogP contribution in [0.25, 0.3) is 0 Å². The minimum atomic E-state index is -0.679. The van der Waals surface area contributed by atoms with Crippen molar-refractivity contribution in [3.8, 4) is 5.75 Å². The number of nitrogens with zero attached hydrogens (tertiary/aromatic N) is 1. The van der Waals surface area contributed by atoms with Gasteiger partial charge in [0, 0.05) is 24.8 Å². The van der Waals surface area contributed by atoms with Crippen LogP contribution in [-0.4, -0.2) is 25.8 Å². The van der Waals surface area contributed by atoms with E-state index in [9.17, 15) is 9.50 Å². The van der Waals surface area contributed by atoms with Crippen LogP contribution in [0.2, 0.25) is 0 Å². The molecule has 2 aromatic carbocycles. The van der Waals surface area contributed by atoms with Crippen LogP contribution in [0.5, 0.6) is 5.75 Å². The Hall–Kier alpha value is -2.07. The number of hydrogen-bond donors (Lipinski definition) is 1. The molecular weight excluding hydrogens is 257 g/mol. The number of ether oxygens (including phenoxy) is 1. The summed E-state index contributed by atoms with van der Waals surface area (Å²) in [7, 11) is 3.43. The summed E-state index contributed by atoms with van der Waals surface area (Å²) in [4.78, 5) is 1.87. The second-order valence-corrected chi connectivity index (χ2v) is 4.61. The van der Waals surface area contributed by atoms with Crippen LogP contribution in [0, 0.1) is 5.82 Å². The van der Waals surface area contributed by atoms with Gasteiger partial charge >= 0.3 is 0 Å². The first kappa shape index (κ1) is 14.3. The zero-order valence-electron chi connectivity index (χ0n) is 11.6. The maximum Gasteiger partial charge on any atom is 0.124 e. The minimum Gasteiger partial charge on any atom is -0.496 e. The zero-order valence-corrected chi connectivity index (χ0v) is 11.6. The maximum absolute atomic E-state index is 12.9. The quantitative estimate of drug-likeness (QED) is 0.910. The van der Waals surface area contributed by atoms with Gasteiger partial charge in [0.1, 0.15) is 11.6 Å². The van der Waals surface area contributed by atoms with Crippen molar-refractivity contribution >= 4 is 5.69 Å². The average molecular weight is 275 g/mol. The molecule has 1 N–H and O–H groups in total. The lowest BCUT2D eigenvalue weighted by molar-refractivity contribution is 0.180. The van der Waals surface area contributed by atoms with E-state index in [1.165, 1.54) is 12.1 Å². The van der Waals surface area contributed by atoms with Crippen molar-refractivity contribution < 1.29 is 14.2 Å². The van der Waals surface area contributed by atoms with Gasteiger partial charge in [0.25, 0.3) is 0 Å². The number of anilines is 1. The molecule has 0 bridgehead atoms. The van der Waals surface area contributed by atoms with Gasteiger partial charge in [-0.3, -0.25) is 0 Å². The van der Waals surface area contributed by atoms with E-state index >= 15 is 0 Å². The van der Waals surface area contributed by atoms with Gasteiger partial charge in [-0.15, -0.1) is 0 Å². The summed E-state index contributed by atoms with van der Waals surface area (Å²) >= 11 is 0. The Balaban J connectivity index is 2.10. The number of benzene rings is 2. The molecule has 0 saturated heterocycles. The summed E-state index contributed by atoms with van der Waals surface area (Å²) in [6, 6.07) is 13.5. The number of aliphatic hydroxyl groups excluding tert-OH is 1. The molecule has 0 saturated carbocycles. The normalized spacial score (nSPS) is 12.0. The molecule has 0 aromatic heterocycles. The number of likely N-dealkylation sites (N-methyl/N-ethyl adjacent to an activating group) is 1. The van der Waals surface area contributed by atoms with Gasteiger partial charge < -0.3 is 14.7 Å². The first-order valence-corrected chi connectivity index (χ1v) is 6.39. The second kappa shape index (κ2) is 6.39. The highest BCUT2D eigenvalue weighted by molar-refractivity contribution is 5.46. The predicted octanol–water partition coefficient (Wildman–Crippen LogP) is 3.00. The molecule has 2 aromatic rings. The number of hydrogen-bond acceptors (Lipinski definition) is 3. The van der Waals surface area contributed by atoms with Crippen LogP contribution in [0.3, 0.4) is 0 Å². The van der Waals surface area contributed by atoms with Crippen molar-refractivity contribution in [3.63, 3.8) is 0 Å². The molecule has 0 amide bonds. The summed E-state index contributed by atoms with van der Waals surface area (Å²) in [6.07, 6.45) is -0.679. The van der Waals surface area contributed by atoms with Crippen LogP contribution in [-0.2, 0) is 0 Å². The van der Waals surface area contributed by atoms with Gasteiger partial charge in [0.15, 0.2) is 0 Å². The average Bonchev–Trinajstić information content (AvgIpc) is 2.47. The van der Waals surface area contributed by atoms with Gasteiger partial charge in [-0.2, -0.15) is 0 Å². The highest BCUT2D eigenvalue weighted by Crippen LogP contribution is 2.26. The molecule has 20 heavy (non-hydrogen) atoms. The fraction of sp³-hybridized carbons (Fsp3) is 0.250. The lowest BCUT2D eigenvalue weighted by Crippen LogP contribution is -2.24. The molecule has 4 heteroatoms. The third-order valence-electron chi connectivity index (χ3n) is 3.21. The van der Waals surface area contributed by atoms with E-state index in [0.717, 1.165) is 11.3 Å². The van der Waals surface area contributed by atoms with E-state index in [0.29, 0.717) is 12.3 Å². The standard InChI is InChI=1S/C16H18FNO2/c1-18(13-9-7-12(17)8-10-13)11-15(19)14-5-3-4-6-16(14)20-2/h3-10,15,19H,11H2,1-2H3. The fourth-order valence-electron chi connectivity index (χ4n) is 2.10. The smallest absolute Gasteiger partial charge is 0.124 e. The lowest BCUT2D eigenvalue weighted by atomic mass is 10.1. The Morgan fingerprint density at radius 1 is 1.15 bits per heavy atom. The molecule has 0 aliphatic rings. The van der Waals surface area contributed by atoms with Crippen molar-refractivity contribution in [2.24, 2.45) is 0 Å². The third kappa shape index (κ3) is 3.27. The van der Waals surface area contributed by atoms with E-state index < -0.39 is 6.10 Å². The highest BCUT2D eigenvalue weighted by Gasteiger charge is 2.15. The lowest BCUT2D eigenvalue weighted by Gasteiger charge is -2.23. The Morgan fingerprint density at radius 3 is 2.45 bits per heavy atom. The van der Waals surface area contributed by atoms with Crippen LogP contribution in [0.15, 0.2) is 48.5 Å². The Morgan fingerprint density at radius 2 is 1.80 bits per heavy atom. The van der Waals surface area contributed by atoms with E-state index in [2.05, 4.69) is 0 Å². The molecule has 0 spiro atoms. The molecule has 0 aliphatic heterocycles. The van der Waals surface area contributed by atoms with E-state index in [1.54, 1.807) is 19.2 Å². The van der Waals surface area contributed by atoms with Gasteiger partial charge in [-0.1, -0.05) is 18.2 Å². The molecule has 1 unspecified atom stereocenters. The molecular formula is C16H18FNO2. The molecule has 106 valence electrons. The number of para-hydroxylation sites is 1. The first-order chi connectivity index (χ1) is 9.61. The molecule has 0 radical (unpaired) electrons. The Kier molecular flexibility index (Phi) is 4.58. The summed E-state index contributed by atoms with van der Waals surface area (Å²) < 4.78 is 18.1. The van der Waals surface area contributed by atoms with Crippen molar-refractivity contribution in [2.45, 2.75) is 6.10 Å². The molecule has 1 atom stereocenters. The highest BCUT2D eigenvalue weighted by atomic mass is 19.1. The van der Waals surface area contributed by atoms with E-state index in [4.69, 9.17) is 4.74 Å². The van der Waals surface area contributed by atoms with E-state index in [-0.39, 0.29) is 5.82 Å². The van der Waals surface area contributed by atoms with Crippen LogP contribution < -0.4 is 9.64 Å². The van der Waals surface area contributed by atoms with Crippen molar-refractivity contribution in [2.75, 3.05) is 25.6 Å². The molecule has 0 aliphatic carbocycles. The summed E-state index contributed by atoms with van der Waals surface area (Å²) in [6.45, 7) is 0.395. The minimum absolute atomic E-state index is 0.271. The van der Waals surface area contributed by atoms with Gasteiger partial charge in [-0.05, 0) is 30.3 Å². The van der Waals surface area contributed by atoms with Crippen molar-refractivity contribution in [1.82, 2.24) is 0 Å². The van der Waals surface area contributed by atoms with Crippen LogP contribution >= 0.6 is 0 Å². The number of rotatable bonds is 5. The third-order valence-corrected chi connectivity index (χ3v) is 3.21. The summed E-state index contributed by atoms with van der Waals surface area (Å²) in [5.41, 5.74) is 1.59. The van der Waals surface area contributed by atoms with Gasteiger partial charge in [0.2, 0.25) is 0 Å². The largest absolute Gasteiger partial charge is 0.496 e. The topological polar surface area (TPSA) is 32.7 Å². The maximum atomic E-state index is 12.9. The molecule has 0 fully saturated rings. The molecule has 3 nitrogen and oxygen atoms in total. The van der Waals surface area contributed by atoms with Crippen LogP contribution in [0.4, 0.5) is 10.1 Å². The molecule has 2 rings (SSSR count). The summed E-state index contributed by atoms with van der Waals surface area (Å²) in [5.74, 6) is 0.389. The SMILES string of the molecule is COc1ccccc1C(O)CN(C)c1ccc(F)cc1. The monoisotopic (exact) mass is 275 g/mol. The van der Waals surface area contributed by atoms with Crippen LogP contribution in [0.1, 0.15) is 11.7 Å². The first-order valence-electron chi connectivity index (χ1n) is 6.39. The van der Waals surface area contributed by atoms with Gasteiger partial charge in [0.05, 0.1) is 13.2 Å². The predicted molar refractivity (Wildman–Crippen MR) is 77.6 cm³/mol. The molecule has 0 heterocycles. The van der Waals surface area contributed by atoms with E-state index in [1.807, 2.05) is 36.2 Å². The number of halogens is 1. The van der Waals surface area contributed by atoms with Crippen molar-refractivity contribution in [3.05, 3.63) is 59.9 Å². The summed E-state index contributed by atoms with van der Waals surface area (Å²) in [5, 5.41) is 10.3. The zero-order chi connectivity index (χ0) is 14.5.